The van der Waals surface area contributed by atoms with Gasteiger partial charge in [-0.05, 0) is 31.2 Å². The van der Waals surface area contributed by atoms with Crippen molar-refractivity contribution < 1.29 is 9.59 Å². The van der Waals surface area contributed by atoms with E-state index in [1.54, 1.807) is 41.3 Å². The highest BCUT2D eigenvalue weighted by Gasteiger charge is 2.29. The van der Waals surface area contributed by atoms with E-state index in [1.165, 1.54) is 10.8 Å². The second-order valence-electron chi connectivity index (χ2n) is 6.55. The molecule has 2 aromatic carbocycles. The Morgan fingerprint density at radius 3 is 2.74 bits per heavy atom. The summed E-state index contributed by atoms with van der Waals surface area (Å²) >= 11 is 0. The highest BCUT2D eigenvalue weighted by atomic mass is 16.2. The molecule has 0 fully saturated rings. The third-order valence-electron chi connectivity index (χ3n) is 4.67. The molecule has 1 aliphatic rings. The Morgan fingerprint density at radius 1 is 1.15 bits per heavy atom. The van der Waals surface area contributed by atoms with Crippen LogP contribution in [0.5, 0.6) is 0 Å². The average molecular weight is 362 g/mol. The van der Waals surface area contributed by atoms with Crippen molar-refractivity contribution in [3.63, 3.8) is 0 Å². The first-order valence-electron chi connectivity index (χ1n) is 8.70. The number of benzene rings is 2. The zero-order valence-corrected chi connectivity index (χ0v) is 14.8. The molecule has 136 valence electrons. The molecule has 7 nitrogen and oxygen atoms in total. The molecule has 0 aliphatic carbocycles. The van der Waals surface area contributed by atoms with E-state index in [9.17, 15) is 14.4 Å². The molecule has 1 unspecified atom stereocenters. The van der Waals surface area contributed by atoms with Gasteiger partial charge in [-0.15, -0.1) is 0 Å². The third kappa shape index (κ3) is 3.08. The van der Waals surface area contributed by atoms with Crippen LogP contribution in [0.1, 0.15) is 13.3 Å². The van der Waals surface area contributed by atoms with Gasteiger partial charge in [0.2, 0.25) is 11.8 Å². The molecule has 2 heterocycles. The quantitative estimate of drug-likeness (QED) is 0.757. The summed E-state index contributed by atoms with van der Waals surface area (Å²) in [5.74, 6) is -0.401. The van der Waals surface area contributed by atoms with Crippen molar-refractivity contribution in [2.24, 2.45) is 0 Å². The SMILES string of the molecule is CC1CC(=O)Nc2ccccc2N1C(=O)Cn1c(=O)cnc2ccccc21. The Morgan fingerprint density at radius 2 is 1.89 bits per heavy atom. The van der Waals surface area contributed by atoms with E-state index in [1.807, 2.05) is 19.1 Å². The fourth-order valence-electron chi connectivity index (χ4n) is 3.46. The van der Waals surface area contributed by atoms with Gasteiger partial charge < -0.3 is 10.2 Å². The van der Waals surface area contributed by atoms with E-state index >= 15 is 0 Å². The number of hydrogen-bond donors (Lipinski definition) is 1. The molecule has 0 bridgehead atoms. The Labute approximate surface area is 155 Å². The number of nitrogens with one attached hydrogen (secondary N) is 1. The zero-order valence-electron chi connectivity index (χ0n) is 14.8. The Hall–Kier alpha value is -3.48. The second kappa shape index (κ2) is 6.68. The summed E-state index contributed by atoms with van der Waals surface area (Å²) in [6, 6.07) is 14.0. The van der Waals surface area contributed by atoms with E-state index in [2.05, 4.69) is 10.3 Å². The summed E-state index contributed by atoms with van der Waals surface area (Å²) in [6.07, 6.45) is 1.41. The molecule has 2 amide bonds. The van der Waals surface area contributed by atoms with Gasteiger partial charge in [0.05, 0.1) is 28.6 Å². The zero-order chi connectivity index (χ0) is 19.0. The smallest absolute Gasteiger partial charge is 0.269 e. The summed E-state index contributed by atoms with van der Waals surface area (Å²) in [4.78, 5) is 43.4. The number of amides is 2. The number of carbonyl (C=O) groups is 2. The Balaban J connectivity index is 1.76. The molecule has 0 saturated heterocycles. The van der Waals surface area contributed by atoms with E-state index in [4.69, 9.17) is 0 Å². The molecule has 3 aromatic rings. The lowest BCUT2D eigenvalue weighted by Crippen LogP contribution is -2.42. The number of nitrogens with zero attached hydrogens (tertiary/aromatic N) is 3. The van der Waals surface area contributed by atoms with Crippen molar-refractivity contribution in [2.45, 2.75) is 25.9 Å². The maximum absolute atomic E-state index is 13.2. The first-order valence-corrected chi connectivity index (χ1v) is 8.70. The summed E-state index contributed by atoms with van der Waals surface area (Å²) in [6.45, 7) is 1.70. The van der Waals surface area contributed by atoms with Crippen LogP contribution >= 0.6 is 0 Å². The standard InChI is InChI=1S/C20H18N4O3/c1-13-10-18(25)22-15-7-3-5-9-17(15)24(13)20(27)12-23-16-8-4-2-6-14(16)21-11-19(23)26/h2-9,11,13H,10,12H2,1H3,(H,22,25). The van der Waals surface area contributed by atoms with Crippen LogP contribution in [0, 0.1) is 0 Å². The molecule has 0 radical (unpaired) electrons. The molecule has 0 saturated carbocycles. The molecular weight excluding hydrogens is 344 g/mol. The first kappa shape index (κ1) is 17.0. The van der Waals surface area contributed by atoms with Crippen LogP contribution in [-0.2, 0) is 16.1 Å². The maximum Gasteiger partial charge on any atom is 0.269 e. The van der Waals surface area contributed by atoms with Crippen LogP contribution in [0.4, 0.5) is 11.4 Å². The Bertz CT molecular complexity index is 1110. The summed E-state index contributed by atoms with van der Waals surface area (Å²) in [5, 5.41) is 2.83. The van der Waals surface area contributed by atoms with E-state index in [0.29, 0.717) is 22.4 Å². The third-order valence-corrected chi connectivity index (χ3v) is 4.67. The van der Waals surface area contributed by atoms with E-state index < -0.39 is 0 Å². The van der Waals surface area contributed by atoms with Gasteiger partial charge in [0, 0.05) is 12.5 Å². The number of anilines is 2. The summed E-state index contributed by atoms with van der Waals surface area (Å²) in [5.41, 5.74) is 2.13. The molecule has 27 heavy (non-hydrogen) atoms. The average Bonchev–Trinajstić information content (AvgIpc) is 2.78. The van der Waals surface area contributed by atoms with Crippen molar-refractivity contribution in [2.75, 3.05) is 10.2 Å². The second-order valence-corrected chi connectivity index (χ2v) is 6.55. The molecular formula is C20H18N4O3. The van der Waals surface area contributed by atoms with E-state index in [0.717, 1.165) is 0 Å². The molecule has 1 atom stereocenters. The van der Waals surface area contributed by atoms with Gasteiger partial charge in [-0.2, -0.15) is 0 Å². The topological polar surface area (TPSA) is 84.3 Å². The summed E-state index contributed by atoms with van der Waals surface area (Å²) < 4.78 is 1.42. The van der Waals surface area contributed by atoms with Crippen LogP contribution in [0.25, 0.3) is 11.0 Å². The number of aromatic nitrogens is 2. The number of fused-ring (bicyclic) bond motifs is 2. The van der Waals surface area contributed by atoms with Gasteiger partial charge in [-0.25, -0.2) is 4.98 Å². The predicted octanol–water partition coefficient (Wildman–Crippen LogP) is 2.16. The molecule has 1 N–H and O–H groups in total. The lowest BCUT2D eigenvalue weighted by atomic mass is 10.1. The minimum absolute atomic E-state index is 0.130. The lowest BCUT2D eigenvalue weighted by Gasteiger charge is -2.28. The van der Waals surface area contributed by atoms with E-state index in [-0.39, 0.29) is 36.4 Å². The predicted molar refractivity (Wildman–Crippen MR) is 103 cm³/mol. The monoisotopic (exact) mass is 362 g/mol. The molecule has 4 rings (SSSR count). The number of para-hydroxylation sites is 4. The molecule has 7 heteroatoms. The molecule has 1 aromatic heterocycles. The van der Waals surface area contributed by atoms with Gasteiger partial charge in [-0.1, -0.05) is 24.3 Å². The fraction of sp³-hybridized carbons (Fsp3) is 0.200. The first-order chi connectivity index (χ1) is 13.0. The van der Waals surface area contributed by atoms with Gasteiger partial charge in [0.15, 0.2) is 0 Å². The normalized spacial score (nSPS) is 16.6. The van der Waals surface area contributed by atoms with Crippen molar-refractivity contribution in [1.29, 1.82) is 0 Å². The van der Waals surface area contributed by atoms with Crippen LogP contribution in [0.3, 0.4) is 0 Å². The summed E-state index contributed by atoms with van der Waals surface area (Å²) in [7, 11) is 0. The number of rotatable bonds is 2. The van der Waals surface area contributed by atoms with Crippen molar-refractivity contribution in [3.8, 4) is 0 Å². The van der Waals surface area contributed by atoms with Crippen molar-refractivity contribution in [1.82, 2.24) is 9.55 Å². The van der Waals surface area contributed by atoms with Crippen molar-refractivity contribution >= 4 is 34.2 Å². The van der Waals surface area contributed by atoms with Crippen LogP contribution in [0.15, 0.2) is 59.5 Å². The lowest BCUT2D eigenvalue weighted by molar-refractivity contribution is -0.119. The Kier molecular flexibility index (Phi) is 4.19. The molecule has 0 spiro atoms. The fourth-order valence-corrected chi connectivity index (χ4v) is 3.46. The van der Waals surface area contributed by atoms with Gasteiger partial charge >= 0.3 is 0 Å². The van der Waals surface area contributed by atoms with Gasteiger partial charge in [0.1, 0.15) is 6.54 Å². The number of carbonyl (C=O) groups excluding carboxylic acids is 2. The minimum atomic E-state index is -0.341. The largest absolute Gasteiger partial charge is 0.324 e. The highest BCUT2D eigenvalue weighted by Crippen LogP contribution is 2.31. The van der Waals surface area contributed by atoms with Crippen LogP contribution in [0.2, 0.25) is 0 Å². The van der Waals surface area contributed by atoms with Crippen LogP contribution in [-0.4, -0.2) is 27.4 Å². The van der Waals surface area contributed by atoms with Gasteiger partial charge in [0.25, 0.3) is 5.56 Å². The minimum Gasteiger partial charge on any atom is -0.324 e. The number of hydrogen-bond acceptors (Lipinski definition) is 4. The van der Waals surface area contributed by atoms with Crippen LogP contribution < -0.4 is 15.8 Å². The maximum atomic E-state index is 13.2. The highest BCUT2D eigenvalue weighted by molar-refractivity contribution is 6.04. The van der Waals surface area contributed by atoms with Gasteiger partial charge in [-0.3, -0.25) is 19.0 Å². The molecule has 1 aliphatic heterocycles. The van der Waals surface area contributed by atoms with Crippen molar-refractivity contribution in [3.05, 3.63) is 65.1 Å².